The van der Waals surface area contributed by atoms with E-state index in [2.05, 4.69) is 16.9 Å². The summed E-state index contributed by atoms with van der Waals surface area (Å²) < 4.78 is 5.18. The molecule has 0 aliphatic heterocycles. The van der Waals surface area contributed by atoms with Crippen LogP contribution in [-0.2, 0) is 0 Å². The lowest BCUT2D eigenvalue weighted by atomic mass is 10.1. The summed E-state index contributed by atoms with van der Waals surface area (Å²) in [5.74, 6) is 1.69. The fourth-order valence-electron chi connectivity index (χ4n) is 1.87. The predicted octanol–water partition coefficient (Wildman–Crippen LogP) is 2.76. The van der Waals surface area contributed by atoms with Crippen LogP contribution in [0.2, 0.25) is 0 Å². The Labute approximate surface area is 101 Å². The molecule has 0 spiro atoms. The zero-order chi connectivity index (χ0) is 12.3. The van der Waals surface area contributed by atoms with E-state index in [1.54, 1.807) is 7.11 Å². The Kier molecular flexibility index (Phi) is 3.64. The summed E-state index contributed by atoms with van der Waals surface area (Å²) in [5, 5.41) is 0. The van der Waals surface area contributed by atoms with Crippen molar-refractivity contribution < 1.29 is 4.74 Å². The maximum atomic E-state index is 6.09. The van der Waals surface area contributed by atoms with Gasteiger partial charge in [-0.1, -0.05) is 19.8 Å². The Bertz CT molecular complexity index is 492. The van der Waals surface area contributed by atoms with E-state index in [0.29, 0.717) is 0 Å². The van der Waals surface area contributed by atoms with Gasteiger partial charge < -0.3 is 15.5 Å². The van der Waals surface area contributed by atoms with Crippen LogP contribution in [0.3, 0.4) is 0 Å². The van der Waals surface area contributed by atoms with E-state index >= 15 is 0 Å². The number of ether oxygens (including phenoxy) is 1. The number of aromatic nitrogens is 2. The van der Waals surface area contributed by atoms with Crippen LogP contribution in [0.25, 0.3) is 11.0 Å². The number of imidazole rings is 1. The molecule has 3 N–H and O–H groups in total. The average molecular weight is 233 g/mol. The summed E-state index contributed by atoms with van der Waals surface area (Å²) in [6, 6.07) is 5.79. The van der Waals surface area contributed by atoms with Gasteiger partial charge in [-0.25, -0.2) is 4.98 Å². The fraction of sp³-hybridized carbons (Fsp3) is 0.462. The molecule has 1 aromatic heterocycles. The highest BCUT2D eigenvalue weighted by Crippen LogP contribution is 2.22. The van der Waals surface area contributed by atoms with Gasteiger partial charge in [0.2, 0.25) is 0 Å². The lowest BCUT2D eigenvalue weighted by Gasteiger charge is -2.06. The molecule has 0 aliphatic rings. The van der Waals surface area contributed by atoms with Crippen molar-refractivity contribution in [3.63, 3.8) is 0 Å². The number of nitrogens with zero attached hydrogens (tertiary/aromatic N) is 1. The van der Waals surface area contributed by atoms with Crippen molar-refractivity contribution >= 4 is 11.0 Å². The van der Waals surface area contributed by atoms with Gasteiger partial charge in [0.1, 0.15) is 11.6 Å². The van der Waals surface area contributed by atoms with Crippen molar-refractivity contribution in [2.75, 3.05) is 7.11 Å². The zero-order valence-electron chi connectivity index (χ0n) is 10.4. The number of nitrogens with one attached hydrogen (secondary N) is 1. The van der Waals surface area contributed by atoms with E-state index in [4.69, 9.17) is 10.5 Å². The Hall–Kier alpha value is -1.55. The highest BCUT2D eigenvalue weighted by Gasteiger charge is 2.11. The molecule has 1 aromatic carbocycles. The summed E-state index contributed by atoms with van der Waals surface area (Å²) in [7, 11) is 1.66. The quantitative estimate of drug-likeness (QED) is 0.834. The van der Waals surface area contributed by atoms with E-state index in [-0.39, 0.29) is 6.04 Å². The Morgan fingerprint density at radius 2 is 2.29 bits per heavy atom. The minimum absolute atomic E-state index is 0.00616. The van der Waals surface area contributed by atoms with E-state index in [9.17, 15) is 0 Å². The molecule has 0 fully saturated rings. The smallest absolute Gasteiger partial charge is 0.124 e. The first-order valence-electron chi connectivity index (χ1n) is 6.03. The van der Waals surface area contributed by atoms with Crippen LogP contribution in [-0.4, -0.2) is 17.1 Å². The van der Waals surface area contributed by atoms with Crippen LogP contribution < -0.4 is 10.5 Å². The molecule has 1 atom stereocenters. The van der Waals surface area contributed by atoms with Crippen LogP contribution >= 0.6 is 0 Å². The molecular weight excluding hydrogens is 214 g/mol. The molecule has 4 heteroatoms. The Balaban J connectivity index is 2.24. The van der Waals surface area contributed by atoms with E-state index in [1.165, 1.54) is 0 Å². The number of unbranched alkanes of at least 4 members (excludes halogenated alkanes) is 1. The maximum absolute atomic E-state index is 6.09. The first-order chi connectivity index (χ1) is 8.24. The number of methoxy groups -OCH3 is 1. The lowest BCUT2D eigenvalue weighted by molar-refractivity contribution is 0.415. The summed E-state index contributed by atoms with van der Waals surface area (Å²) >= 11 is 0. The largest absolute Gasteiger partial charge is 0.497 e. The van der Waals surface area contributed by atoms with Gasteiger partial charge in [0.05, 0.1) is 24.2 Å². The van der Waals surface area contributed by atoms with Gasteiger partial charge in [-0.15, -0.1) is 0 Å². The van der Waals surface area contributed by atoms with Crippen LogP contribution in [0, 0.1) is 0 Å². The second-order valence-electron chi connectivity index (χ2n) is 4.25. The number of nitrogens with two attached hydrogens (primary N) is 1. The number of hydrogen-bond acceptors (Lipinski definition) is 3. The van der Waals surface area contributed by atoms with E-state index in [1.807, 2.05) is 18.2 Å². The molecule has 4 nitrogen and oxygen atoms in total. The van der Waals surface area contributed by atoms with Crippen molar-refractivity contribution in [2.45, 2.75) is 32.2 Å². The molecule has 0 saturated heterocycles. The SMILES string of the molecule is CCCCC(N)c1nc2ccc(OC)cc2[nH]1. The molecular formula is C13H19N3O. The van der Waals surface area contributed by atoms with E-state index < -0.39 is 0 Å². The summed E-state index contributed by atoms with van der Waals surface area (Å²) in [6.45, 7) is 2.16. The van der Waals surface area contributed by atoms with Gasteiger partial charge in [-0.2, -0.15) is 0 Å². The van der Waals surface area contributed by atoms with Crippen LogP contribution in [0.1, 0.15) is 38.1 Å². The van der Waals surface area contributed by atoms with Gasteiger partial charge in [0.15, 0.2) is 0 Å². The molecule has 1 unspecified atom stereocenters. The lowest BCUT2D eigenvalue weighted by Crippen LogP contribution is -2.11. The fourth-order valence-corrected chi connectivity index (χ4v) is 1.87. The molecule has 17 heavy (non-hydrogen) atoms. The first kappa shape index (κ1) is 11.9. The molecule has 0 aliphatic carbocycles. The number of fused-ring (bicyclic) bond motifs is 1. The van der Waals surface area contributed by atoms with Gasteiger partial charge >= 0.3 is 0 Å². The number of hydrogen-bond donors (Lipinski definition) is 2. The topological polar surface area (TPSA) is 63.9 Å². The second-order valence-corrected chi connectivity index (χ2v) is 4.25. The highest BCUT2D eigenvalue weighted by molar-refractivity contribution is 5.76. The number of H-pyrrole nitrogens is 1. The third-order valence-electron chi connectivity index (χ3n) is 2.93. The maximum Gasteiger partial charge on any atom is 0.124 e. The van der Waals surface area contributed by atoms with Crippen LogP contribution in [0.15, 0.2) is 18.2 Å². The second kappa shape index (κ2) is 5.19. The molecule has 92 valence electrons. The minimum atomic E-state index is -0.00616. The third-order valence-corrected chi connectivity index (χ3v) is 2.93. The van der Waals surface area contributed by atoms with Gasteiger partial charge in [0, 0.05) is 6.07 Å². The molecule has 2 rings (SSSR count). The van der Waals surface area contributed by atoms with Crippen molar-refractivity contribution in [1.82, 2.24) is 9.97 Å². The predicted molar refractivity (Wildman–Crippen MR) is 69.1 cm³/mol. The standard InChI is InChI=1S/C13H19N3O/c1-3-4-5-10(14)13-15-11-7-6-9(17-2)8-12(11)16-13/h6-8,10H,3-5,14H2,1-2H3,(H,15,16). The van der Waals surface area contributed by atoms with Crippen LogP contribution in [0.5, 0.6) is 5.75 Å². The highest BCUT2D eigenvalue weighted by atomic mass is 16.5. The molecule has 0 radical (unpaired) electrons. The summed E-state index contributed by atoms with van der Waals surface area (Å²) in [6.07, 6.45) is 3.25. The zero-order valence-corrected chi connectivity index (χ0v) is 10.4. The normalized spacial score (nSPS) is 12.9. The van der Waals surface area contributed by atoms with Crippen LogP contribution in [0.4, 0.5) is 0 Å². The number of aromatic amines is 1. The Morgan fingerprint density at radius 1 is 1.47 bits per heavy atom. The molecule has 0 saturated carbocycles. The van der Waals surface area contributed by atoms with Crippen molar-refractivity contribution in [3.05, 3.63) is 24.0 Å². The van der Waals surface area contributed by atoms with Gasteiger partial charge in [0.25, 0.3) is 0 Å². The molecule has 0 bridgehead atoms. The minimum Gasteiger partial charge on any atom is -0.497 e. The van der Waals surface area contributed by atoms with Crippen molar-refractivity contribution in [3.8, 4) is 5.75 Å². The van der Waals surface area contributed by atoms with Gasteiger partial charge in [-0.05, 0) is 18.6 Å². The molecule has 1 heterocycles. The summed E-state index contributed by atoms with van der Waals surface area (Å²) in [4.78, 5) is 7.77. The van der Waals surface area contributed by atoms with E-state index in [0.717, 1.165) is 41.9 Å². The third kappa shape index (κ3) is 2.58. The average Bonchev–Trinajstić information content (AvgIpc) is 2.78. The van der Waals surface area contributed by atoms with Crippen molar-refractivity contribution in [2.24, 2.45) is 5.73 Å². The van der Waals surface area contributed by atoms with Gasteiger partial charge in [-0.3, -0.25) is 0 Å². The number of rotatable bonds is 5. The summed E-state index contributed by atoms with van der Waals surface area (Å²) in [5.41, 5.74) is 8.01. The molecule has 0 amide bonds. The first-order valence-corrected chi connectivity index (χ1v) is 6.03. The molecule has 2 aromatic rings. The number of benzene rings is 1. The monoisotopic (exact) mass is 233 g/mol. The Morgan fingerprint density at radius 3 is 3.00 bits per heavy atom. The van der Waals surface area contributed by atoms with Crippen molar-refractivity contribution in [1.29, 1.82) is 0 Å².